The lowest BCUT2D eigenvalue weighted by Crippen LogP contribution is -2.07. The number of hydrogen-bond donors (Lipinski definition) is 1. The highest BCUT2D eigenvalue weighted by Crippen LogP contribution is 2.26. The molecule has 1 aliphatic heterocycles. The van der Waals surface area contributed by atoms with Gasteiger partial charge in [-0.05, 0) is 50.4 Å². The van der Waals surface area contributed by atoms with Gasteiger partial charge in [-0.1, -0.05) is 6.07 Å². The van der Waals surface area contributed by atoms with Crippen molar-refractivity contribution >= 4 is 11.0 Å². The van der Waals surface area contributed by atoms with E-state index >= 15 is 0 Å². The minimum Gasteiger partial charge on any atom is -0.328 e. The number of nitrogens with zero attached hydrogens (tertiary/aromatic N) is 2. The Morgan fingerprint density at radius 1 is 1.41 bits per heavy atom. The lowest BCUT2D eigenvalue weighted by atomic mass is 9.98. The Kier molecular flexibility index (Phi) is 2.63. The van der Waals surface area contributed by atoms with Crippen LogP contribution in [0, 0.1) is 0 Å². The summed E-state index contributed by atoms with van der Waals surface area (Å²) in [6.07, 6.45) is 3.20. The van der Waals surface area contributed by atoms with Crippen LogP contribution >= 0.6 is 0 Å². The highest BCUT2D eigenvalue weighted by molar-refractivity contribution is 5.76. The molecule has 2 heterocycles. The van der Waals surface area contributed by atoms with Crippen LogP contribution in [0.5, 0.6) is 0 Å². The Bertz CT molecular complexity index is 521. The maximum absolute atomic E-state index is 4.51. The fourth-order valence-electron chi connectivity index (χ4n) is 2.65. The Morgan fingerprint density at radius 2 is 2.29 bits per heavy atom. The predicted molar refractivity (Wildman–Crippen MR) is 70.3 cm³/mol. The van der Waals surface area contributed by atoms with E-state index in [9.17, 15) is 0 Å². The van der Waals surface area contributed by atoms with Crippen LogP contribution in [0.3, 0.4) is 0 Å². The molecule has 90 valence electrons. The molecular formula is C14H19N3. The van der Waals surface area contributed by atoms with Gasteiger partial charge in [-0.25, -0.2) is 4.98 Å². The van der Waals surface area contributed by atoms with E-state index in [0.29, 0.717) is 12.0 Å². The SMILES string of the molecule is CC(C)n1cnc2cc(C3CCNC3)ccc21. The number of imidazole rings is 1. The molecule has 0 amide bonds. The third-order valence-electron chi connectivity index (χ3n) is 3.69. The summed E-state index contributed by atoms with van der Waals surface area (Å²) in [5.41, 5.74) is 3.80. The Morgan fingerprint density at radius 3 is 3.00 bits per heavy atom. The highest BCUT2D eigenvalue weighted by atomic mass is 15.1. The van der Waals surface area contributed by atoms with Crippen LogP contribution in [-0.2, 0) is 0 Å². The standard InChI is InChI=1S/C14H19N3/c1-10(2)17-9-16-13-7-11(3-4-14(13)17)12-5-6-15-8-12/h3-4,7,9-10,12,15H,5-6,8H2,1-2H3. The second kappa shape index (κ2) is 4.15. The summed E-state index contributed by atoms with van der Waals surface area (Å²) in [6.45, 7) is 6.63. The summed E-state index contributed by atoms with van der Waals surface area (Å²) < 4.78 is 2.23. The fraction of sp³-hybridized carbons (Fsp3) is 0.500. The smallest absolute Gasteiger partial charge is 0.0960 e. The van der Waals surface area contributed by atoms with Gasteiger partial charge >= 0.3 is 0 Å². The van der Waals surface area contributed by atoms with Crippen molar-refractivity contribution in [3.05, 3.63) is 30.1 Å². The Balaban J connectivity index is 2.02. The van der Waals surface area contributed by atoms with E-state index in [4.69, 9.17) is 0 Å². The zero-order chi connectivity index (χ0) is 11.8. The summed E-state index contributed by atoms with van der Waals surface area (Å²) in [7, 11) is 0. The normalized spacial score (nSPS) is 20.5. The van der Waals surface area contributed by atoms with E-state index in [1.54, 1.807) is 0 Å². The van der Waals surface area contributed by atoms with E-state index in [1.807, 2.05) is 6.33 Å². The molecule has 1 fully saturated rings. The molecule has 3 heteroatoms. The van der Waals surface area contributed by atoms with Gasteiger partial charge in [0.2, 0.25) is 0 Å². The summed E-state index contributed by atoms with van der Waals surface area (Å²) in [4.78, 5) is 4.51. The molecule has 2 aromatic rings. The van der Waals surface area contributed by atoms with Crippen molar-refractivity contribution in [2.75, 3.05) is 13.1 Å². The molecule has 0 spiro atoms. The molecule has 1 unspecified atom stereocenters. The first-order chi connectivity index (χ1) is 8.25. The van der Waals surface area contributed by atoms with Gasteiger partial charge in [0, 0.05) is 12.6 Å². The first-order valence-corrected chi connectivity index (χ1v) is 6.43. The predicted octanol–water partition coefficient (Wildman–Crippen LogP) is 2.69. The van der Waals surface area contributed by atoms with Crippen LogP contribution in [0.15, 0.2) is 24.5 Å². The van der Waals surface area contributed by atoms with Crippen molar-refractivity contribution in [1.29, 1.82) is 0 Å². The number of benzene rings is 1. The zero-order valence-electron chi connectivity index (χ0n) is 10.5. The molecule has 0 saturated carbocycles. The quantitative estimate of drug-likeness (QED) is 0.858. The average molecular weight is 229 g/mol. The maximum Gasteiger partial charge on any atom is 0.0960 e. The van der Waals surface area contributed by atoms with Crippen molar-refractivity contribution in [3.8, 4) is 0 Å². The third kappa shape index (κ3) is 1.84. The average Bonchev–Trinajstić information content (AvgIpc) is 2.97. The summed E-state index contributed by atoms with van der Waals surface area (Å²) in [5.74, 6) is 0.670. The third-order valence-corrected chi connectivity index (χ3v) is 3.69. The van der Waals surface area contributed by atoms with Gasteiger partial charge in [-0.2, -0.15) is 0 Å². The molecule has 1 N–H and O–H groups in total. The Labute approximate surface area is 102 Å². The van der Waals surface area contributed by atoms with Gasteiger partial charge in [-0.15, -0.1) is 0 Å². The monoisotopic (exact) mass is 229 g/mol. The zero-order valence-corrected chi connectivity index (χ0v) is 10.5. The second-order valence-electron chi connectivity index (χ2n) is 5.18. The minimum atomic E-state index is 0.471. The number of aromatic nitrogens is 2. The Hall–Kier alpha value is -1.35. The van der Waals surface area contributed by atoms with Gasteiger partial charge in [0.15, 0.2) is 0 Å². The molecule has 1 aromatic carbocycles. The lowest BCUT2D eigenvalue weighted by Gasteiger charge is -2.10. The number of fused-ring (bicyclic) bond motifs is 1. The van der Waals surface area contributed by atoms with Crippen LogP contribution in [0.2, 0.25) is 0 Å². The van der Waals surface area contributed by atoms with Crippen molar-refractivity contribution in [1.82, 2.24) is 14.9 Å². The van der Waals surface area contributed by atoms with Crippen molar-refractivity contribution < 1.29 is 0 Å². The van der Waals surface area contributed by atoms with Crippen molar-refractivity contribution in [2.45, 2.75) is 32.2 Å². The molecule has 1 saturated heterocycles. The maximum atomic E-state index is 4.51. The fourth-order valence-corrected chi connectivity index (χ4v) is 2.65. The van der Waals surface area contributed by atoms with Gasteiger partial charge < -0.3 is 9.88 Å². The lowest BCUT2D eigenvalue weighted by molar-refractivity contribution is 0.617. The van der Waals surface area contributed by atoms with E-state index in [2.05, 4.69) is 46.9 Å². The van der Waals surface area contributed by atoms with Crippen LogP contribution in [0.4, 0.5) is 0 Å². The molecule has 1 atom stereocenters. The van der Waals surface area contributed by atoms with Crippen molar-refractivity contribution in [2.24, 2.45) is 0 Å². The van der Waals surface area contributed by atoms with E-state index in [0.717, 1.165) is 18.6 Å². The number of rotatable bonds is 2. The molecule has 17 heavy (non-hydrogen) atoms. The van der Waals surface area contributed by atoms with E-state index in [1.165, 1.54) is 17.5 Å². The van der Waals surface area contributed by atoms with E-state index < -0.39 is 0 Å². The molecule has 1 aliphatic rings. The molecule has 0 aliphatic carbocycles. The topological polar surface area (TPSA) is 29.9 Å². The van der Waals surface area contributed by atoms with Crippen LogP contribution < -0.4 is 5.32 Å². The molecule has 3 nitrogen and oxygen atoms in total. The molecular weight excluding hydrogens is 210 g/mol. The van der Waals surface area contributed by atoms with Crippen LogP contribution in [-0.4, -0.2) is 22.6 Å². The molecule has 0 radical (unpaired) electrons. The minimum absolute atomic E-state index is 0.471. The van der Waals surface area contributed by atoms with Crippen LogP contribution in [0.25, 0.3) is 11.0 Å². The second-order valence-corrected chi connectivity index (χ2v) is 5.18. The van der Waals surface area contributed by atoms with Crippen molar-refractivity contribution in [3.63, 3.8) is 0 Å². The largest absolute Gasteiger partial charge is 0.328 e. The molecule has 3 rings (SSSR count). The summed E-state index contributed by atoms with van der Waals surface area (Å²) in [6, 6.07) is 7.21. The number of hydrogen-bond acceptors (Lipinski definition) is 2. The highest BCUT2D eigenvalue weighted by Gasteiger charge is 2.17. The number of nitrogens with one attached hydrogen (secondary N) is 1. The first-order valence-electron chi connectivity index (χ1n) is 6.43. The molecule has 0 bridgehead atoms. The van der Waals surface area contributed by atoms with Crippen LogP contribution in [0.1, 0.15) is 37.8 Å². The van der Waals surface area contributed by atoms with E-state index in [-0.39, 0.29) is 0 Å². The van der Waals surface area contributed by atoms with Gasteiger partial charge in [-0.3, -0.25) is 0 Å². The van der Waals surface area contributed by atoms with Gasteiger partial charge in [0.1, 0.15) is 0 Å². The van der Waals surface area contributed by atoms with Gasteiger partial charge in [0.25, 0.3) is 0 Å². The first kappa shape index (κ1) is 10.8. The molecule has 1 aromatic heterocycles. The summed E-state index contributed by atoms with van der Waals surface area (Å²) >= 11 is 0. The summed E-state index contributed by atoms with van der Waals surface area (Å²) in [5, 5.41) is 3.42. The van der Waals surface area contributed by atoms with Gasteiger partial charge in [0.05, 0.1) is 17.4 Å².